The zero-order valence-electron chi connectivity index (χ0n) is 8.89. The third kappa shape index (κ3) is 0.892. The summed E-state index contributed by atoms with van der Waals surface area (Å²) in [7, 11) is 0. The summed E-state index contributed by atoms with van der Waals surface area (Å²) in [5, 5.41) is 12.9. The Balaban J connectivity index is 1.88. The summed E-state index contributed by atoms with van der Waals surface area (Å²) < 4.78 is 0. The van der Waals surface area contributed by atoms with Crippen molar-refractivity contribution in [1.29, 1.82) is 0 Å². The Bertz CT molecular complexity index is 234. The molecule has 80 valence electrons. The lowest BCUT2D eigenvalue weighted by molar-refractivity contribution is -0.0947. The molecule has 1 aliphatic heterocycles. The second-order valence-electron chi connectivity index (χ2n) is 5.58. The fourth-order valence-electron chi connectivity index (χ4n) is 4.61. The minimum atomic E-state index is 0.349. The van der Waals surface area contributed by atoms with Gasteiger partial charge in [0.25, 0.3) is 0 Å². The summed E-state index contributed by atoms with van der Waals surface area (Å²) in [6.07, 6.45) is 9.85. The molecule has 3 aliphatic rings. The van der Waals surface area contributed by atoms with Crippen LogP contribution < -0.4 is 5.32 Å². The van der Waals surface area contributed by atoms with E-state index in [2.05, 4.69) is 5.32 Å². The molecule has 2 nitrogen and oxygen atoms in total. The van der Waals surface area contributed by atoms with Gasteiger partial charge in [-0.15, -0.1) is 0 Å². The fraction of sp³-hybridized carbons (Fsp3) is 1.00. The van der Waals surface area contributed by atoms with Crippen LogP contribution in [-0.4, -0.2) is 24.3 Å². The van der Waals surface area contributed by atoms with E-state index in [4.69, 9.17) is 0 Å². The third-order valence-electron chi connectivity index (χ3n) is 5.48. The van der Waals surface area contributed by atoms with Crippen molar-refractivity contribution in [2.24, 2.45) is 10.8 Å². The molecule has 3 fully saturated rings. The van der Waals surface area contributed by atoms with Crippen molar-refractivity contribution in [3.05, 3.63) is 0 Å². The molecule has 3 rings (SSSR count). The Kier molecular flexibility index (Phi) is 1.94. The van der Waals surface area contributed by atoms with E-state index in [0.717, 1.165) is 6.54 Å². The number of aliphatic hydroxyl groups is 1. The highest BCUT2D eigenvalue weighted by Crippen LogP contribution is 2.68. The SMILES string of the molecule is OCC1NCCC12CCC21CCCC1. The van der Waals surface area contributed by atoms with Crippen molar-refractivity contribution >= 4 is 0 Å². The van der Waals surface area contributed by atoms with Gasteiger partial charge in [-0.2, -0.15) is 0 Å². The standard InChI is InChI=1S/C12H21NO/c14-9-10-12(7-8-13-10)6-5-11(12)3-1-2-4-11/h10,13-14H,1-9H2. The van der Waals surface area contributed by atoms with Gasteiger partial charge in [-0.05, 0) is 49.5 Å². The van der Waals surface area contributed by atoms with Crippen LogP contribution in [0.4, 0.5) is 0 Å². The van der Waals surface area contributed by atoms with Crippen LogP contribution in [0.15, 0.2) is 0 Å². The van der Waals surface area contributed by atoms with Gasteiger partial charge in [-0.1, -0.05) is 12.8 Å². The Morgan fingerprint density at radius 1 is 1.07 bits per heavy atom. The maximum atomic E-state index is 9.45. The molecule has 0 bridgehead atoms. The first kappa shape index (κ1) is 9.17. The summed E-state index contributed by atoms with van der Waals surface area (Å²) in [5.74, 6) is 0. The predicted octanol–water partition coefficient (Wildman–Crippen LogP) is 1.68. The van der Waals surface area contributed by atoms with Gasteiger partial charge in [0, 0.05) is 6.04 Å². The molecule has 2 spiro atoms. The monoisotopic (exact) mass is 195 g/mol. The minimum Gasteiger partial charge on any atom is -0.395 e. The molecule has 1 saturated heterocycles. The molecule has 0 radical (unpaired) electrons. The van der Waals surface area contributed by atoms with Crippen molar-refractivity contribution in [2.45, 2.75) is 51.0 Å². The predicted molar refractivity (Wildman–Crippen MR) is 56.1 cm³/mol. The third-order valence-corrected chi connectivity index (χ3v) is 5.48. The van der Waals surface area contributed by atoms with E-state index in [1.54, 1.807) is 0 Å². The number of aliphatic hydroxyl groups excluding tert-OH is 1. The zero-order valence-corrected chi connectivity index (χ0v) is 8.89. The van der Waals surface area contributed by atoms with Crippen LogP contribution >= 0.6 is 0 Å². The average molecular weight is 195 g/mol. The van der Waals surface area contributed by atoms with E-state index in [1.807, 2.05) is 0 Å². The van der Waals surface area contributed by atoms with Gasteiger partial charge in [0.15, 0.2) is 0 Å². The smallest absolute Gasteiger partial charge is 0.0590 e. The number of hydrogen-bond donors (Lipinski definition) is 2. The van der Waals surface area contributed by atoms with Crippen molar-refractivity contribution in [3.63, 3.8) is 0 Å². The van der Waals surface area contributed by atoms with Gasteiger partial charge < -0.3 is 10.4 Å². The average Bonchev–Trinajstić information content (AvgIpc) is 2.85. The van der Waals surface area contributed by atoms with E-state index in [1.165, 1.54) is 44.9 Å². The van der Waals surface area contributed by atoms with Crippen LogP contribution in [0.5, 0.6) is 0 Å². The lowest BCUT2D eigenvalue weighted by Gasteiger charge is -2.59. The summed E-state index contributed by atoms with van der Waals surface area (Å²) in [5.41, 5.74) is 1.14. The largest absolute Gasteiger partial charge is 0.395 e. The highest BCUT2D eigenvalue weighted by molar-refractivity contribution is 5.15. The number of nitrogens with one attached hydrogen (secondary N) is 1. The quantitative estimate of drug-likeness (QED) is 0.667. The molecule has 0 amide bonds. The first-order chi connectivity index (χ1) is 6.83. The Labute approximate surface area is 86.1 Å². The molecule has 2 saturated carbocycles. The topological polar surface area (TPSA) is 32.3 Å². The van der Waals surface area contributed by atoms with Gasteiger partial charge in [0.2, 0.25) is 0 Å². The van der Waals surface area contributed by atoms with Crippen LogP contribution in [-0.2, 0) is 0 Å². The Morgan fingerprint density at radius 3 is 2.43 bits per heavy atom. The Hall–Kier alpha value is -0.0800. The lowest BCUT2D eigenvalue weighted by atomic mass is 9.46. The normalized spacial score (nSPS) is 44.8. The van der Waals surface area contributed by atoms with Crippen LogP contribution in [0.25, 0.3) is 0 Å². The van der Waals surface area contributed by atoms with E-state index >= 15 is 0 Å². The summed E-state index contributed by atoms with van der Waals surface area (Å²) in [4.78, 5) is 0. The molecule has 2 atom stereocenters. The van der Waals surface area contributed by atoms with E-state index in [9.17, 15) is 5.11 Å². The summed E-state index contributed by atoms with van der Waals surface area (Å²) >= 11 is 0. The zero-order chi connectivity index (χ0) is 9.65. The van der Waals surface area contributed by atoms with Gasteiger partial charge in [0.1, 0.15) is 0 Å². The molecule has 0 aromatic rings. The van der Waals surface area contributed by atoms with Gasteiger partial charge in [-0.3, -0.25) is 0 Å². The summed E-state index contributed by atoms with van der Waals surface area (Å²) in [6, 6.07) is 0.411. The maximum absolute atomic E-state index is 9.45. The molecule has 0 aromatic heterocycles. The maximum Gasteiger partial charge on any atom is 0.0590 e. The minimum absolute atomic E-state index is 0.349. The number of rotatable bonds is 1. The second-order valence-corrected chi connectivity index (χ2v) is 5.58. The highest BCUT2D eigenvalue weighted by Gasteiger charge is 2.63. The molecule has 2 unspecified atom stereocenters. The van der Waals surface area contributed by atoms with Crippen LogP contribution in [0, 0.1) is 10.8 Å². The van der Waals surface area contributed by atoms with E-state index in [-0.39, 0.29) is 0 Å². The summed E-state index contributed by atoms with van der Waals surface area (Å²) in [6.45, 7) is 1.48. The van der Waals surface area contributed by atoms with Crippen molar-refractivity contribution in [1.82, 2.24) is 5.32 Å². The molecule has 1 heterocycles. The van der Waals surface area contributed by atoms with Gasteiger partial charge in [-0.25, -0.2) is 0 Å². The fourth-order valence-corrected chi connectivity index (χ4v) is 4.61. The van der Waals surface area contributed by atoms with Crippen LogP contribution in [0.2, 0.25) is 0 Å². The first-order valence-corrected chi connectivity index (χ1v) is 6.17. The van der Waals surface area contributed by atoms with E-state index < -0.39 is 0 Å². The molecule has 14 heavy (non-hydrogen) atoms. The number of hydrogen-bond acceptors (Lipinski definition) is 2. The van der Waals surface area contributed by atoms with Crippen molar-refractivity contribution < 1.29 is 5.11 Å². The molecule has 0 aromatic carbocycles. The molecule has 2 aliphatic carbocycles. The van der Waals surface area contributed by atoms with Crippen LogP contribution in [0.1, 0.15) is 44.9 Å². The number of fused-ring (bicyclic) bond motifs is 1. The lowest BCUT2D eigenvalue weighted by Crippen LogP contribution is -2.57. The van der Waals surface area contributed by atoms with Crippen molar-refractivity contribution in [3.8, 4) is 0 Å². The van der Waals surface area contributed by atoms with Gasteiger partial charge >= 0.3 is 0 Å². The molecular formula is C12H21NO. The Morgan fingerprint density at radius 2 is 1.86 bits per heavy atom. The second kappa shape index (κ2) is 2.96. The highest BCUT2D eigenvalue weighted by atomic mass is 16.3. The van der Waals surface area contributed by atoms with E-state index in [0.29, 0.717) is 23.5 Å². The first-order valence-electron chi connectivity index (χ1n) is 6.17. The van der Waals surface area contributed by atoms with Crippen molar-refractivity contribution in [2.75, 3.05) is 13.2 Å². The van der Waals surface area contributed by atoms with Crippen LogP contribution in [0.3, 0.4) is 0 Å². The van der Waals surface area contributed by atoms with Gasteiger partial charge in [0.05, 0.1) is 6.61 Å². The molecule has 2 heteroatoms. The molecule has 2 N–H and O–H groups in total. The molecular weight excluding hydrogens is 174 g/mol.